The Morgan fingerprint density at radius 2 is 1.16 bits per heavy atom. The van der Waals surface area contributed by atoms with E-state index >= 15 is 0 Å². The van der Waals surface area contributed by atoms with E-state index in [2.05, 4.69) is 36.4 Å². The van der Waals surface area contributed by atoms with E-state index in [0.29, 0.717) is 15.9 Å². The Labute approximate surface area is 252 Å². The Balaban J connectivity index is 1.17. The van der Waals surface area contributed by atoms with Gasteiger partial charge in [0.05, 0.1) is 21.1 Å². The number of hydrogen-bond donors (Lipinski definition) is 0. The number of benzene rings is 6. The van der Waals surface area contributed by atoms with Gasteiger partial charge in [0.25, 0.3) is 5.56 Å². The first-order valence-electron chi connectivity index (χ1n) is 14.4. The van der Waals surface area contributed by atoms with E-state index < -0.39 is 0 Å². The zero-order valence-corrected chi connectivity index (χ0v) is 23.9. The summed E-state index contributed by atoms with van der Waals surface area (Å²) >= 11 is 1.53. The summed E-state index contributed by atoms with van der Waals surface area (Å²) in [4.78, 5) is 19.7. The summed E-state index contributed by atoms with van der Waals surface area (Å²) in [5, 5.41) is 4.88. The summed E-state index contributed by atoms with van der Waals surface area (Å²) in [7, 11) is 0. The molecule has 0 aliphatic heterocycles. The number of hydrogen-bond acceptors (Lipinski definition) is 5. The van der Waals surface area contributed by atoms with Crippen molar-refractivity contribution in [1.29, 1.82) is 0 Å². The summed E-state index contributed by atoms with van der Waals surface area (Å²) in [5.74, 6) is 0. The molecular weight excluding hydrogens is 564 g/mol. The summed E-state index contributed by atoms with van der Waals surface area (Å²) in [6, 6.07) is 40.7. The first-order valence-corrected chi connectivity index (χ1v) is 15.2. The van der Waals surface area contributed by atoms with Crippen LogP contribution in [-0.2, 0) is 0 Å². The molecule has 0 radical (unpaired) electrons. The minimum atomic E-state index is -0.0713. The molecule has 10 aromatic rings. The molecule has 0 spiro atoms. The molecule has 6 heteroatoms. The standard InChI is InChI=1S/C38H20N2O3S/c41-37-27-19-21(23-9-5-13-32-35(23)25-7-1-3-11-30(25)42-32)15-17-28(27)39-38-40(37)29-18-16-22(20-34(29)44-38)24-10-6-14-33-36(24)26-8-2-4-12-31(26)43-33/h1-20H. The van der Waals surface area contributed by atoms with Crippen LogP contribution in [-0.4, -0.2) is 9.38 Å². The fourth-order valence-electron chi connectivity index (χ4n) is 6.69. The van der Waals surface area contributed by atoms with E-state index in [9.17, 15) is 4.79 Å². The third-order valence-corrected chi connectivity index (χ3v) is 9.67. The van der Waals surface area contributed by atoms with Crippen molar-refractivity contribution in [2.45, 2.75) is 0 Å². The minimum Gasteiger partial charge on any atom is -0.456 e. The van der Waals surface area contributed by atoms with E-state index in [1.54, 1.807) is 4.40 Å². The highest BCUT2D eigenvalue weighted by Crippen LogP contribution is 2.39. The van der Waals surface area contributed by atoms with Crippen LogP contribution in [0.25, 0.3) is 92.2 Å². The summed E-state index contributed by atoms with van der Waals surface area (Å²) < 4.78 is 15.0. The molecule has 0 bridgehead atoms. The number of aromatic nitrogens is 2. The van der Waals surface area contributed by atoms with Crippen molar-refractivity contribution >= 4 is 81.3 Å². The fourth-order valence-corrected chi connectivity index (χ4v) is 7.75. The number of furan rings is 2. The summed E-state index contributed by atoms with van der Waals surface area (Å²) in [6.07, 6.45) is 0. The van der Waals surface area contributed by atoms with Gasteiger partial charge in [-0.25, -0.2) is 4.98 Å². The lowest BCUT2D eigenvalue weighted by atomic mass is 9.98. The van der Waals surface area contributed by atoms with Gasteiger partial charge < -0.3 is 8.83 Å². The molecule has 0 saturated heterocycles. The van der Waals surface area contributed by atoms with Gasteiger partial charge in [-0.15, -0.1) is 0 Å². The van der Waals surface area contributed by atoms with Crippen molar-refractivity contribution < 1.29 is 8.83 Å². The molecule has 206 valence electrons. The van der Waals surface area contributed by atoms with Gasteiger partial charge in [-0.05, 0) is 70.8 Å². The zero-order chi connectivity index (χ0) is 28.9. The van der Waals surface area contributed by atoms with Crippen molar-refractivity contribution in [2.24, 2.45) is 0 Å². The van der Waals surface area contributed by atoms with Crippen LogP contribution in [0.3, 0.4) is 0 Å². The molecule has 0 aliphatic rings. The van der Waals surface area contributed by atoms with Crippen molar-refractivity contribution in [2.75, 3.05) is 0 Å². The lowest BCUT2D eigenvalue weighted by Gasteiger charge is -2.06. The molecule has 5 nitrogen and oxygen atoms in total. The maximum absolute atomic E-state index is 14.1. The number of para-hydroxylation sites is 2. The Morgan fingerprint density at radius 3 is 1.84 bits per heavy atom. The van der Waals surface area contributed by atoms with Gasteiger partial charge in [0.15, 0.2) is 4.96 Å². The zero-order valence-electron chi connectivity index (χ0n) is 23.1. The third-order valence-electron chi connectivity index (χ3n) is 8.67. The monoisotopic (exact) mass is 584 g/mol. The molecule has 0 fully saturated rings. The average Bonchev–Trinajstić information content (AvgIpc) is 3.75. The Hall–Kier alpha value is -5.72. The van der Waals surface area contributed by atoms with Crippen LogP contribution in [0.5, 0.6) is 0 Å². The molecule has 0 unspecified atom stereocenters. The molecule has 10 rings (SSSR count). The maximum atomic E-state index is 14.1. The third kappa shape index (κ3) is 3.23. The molecule has 0 saturated carbocycles. The molecule has 44 heavy (non-hydrogen) atoms. The molecule has 0 amide bonds. The van der Waals surface area contributed by atoms with Crippen molar-refractivity contribution in [3.63, 3.8) is 0 Å². The molecule has 4 heterocycles. The molecule has 0 aliphatic carbocycles. The van der Waals surface area contributed by atoms with Gasteiger partial charge in [0, 0.05) is 21.5 Å². The highest BCUT2D eigenvalue weighted by Gasteiger charge is 2.17. The Morgan fingerprint density at radius 1 is 0.568 bits per heavy atom. The largest absolute Gasteiger partial charge is 0.456 e. The minimum absolute atomic E-state index is 0.0713. The van der Waals surface area contributed by atoms with E-state index in [0.717, 1.165) is 76.3 Å². The van der Waals surface area contributed by atoms with Crippen LogP contribution in [0.15, 0.2) is 135 Å². The van der Waals surface area contributed by atoms with Gasteiger partial charge in [-0.3, -0.25) is 9.20 Å². The SMILES string of the molecule is O=c1c2cc(-c3cccc4oc5ccccc5c34)ccc2nc2sc3cc(-c4cccc5oc6ccccc6c45)ccc3n12. The van der Waals surface area contributed by atoms with Crippen LogP contribution in [0.1, 0.15) is 0 Å². The smallest absolute Gasteiger partial charge is 0.266 e. The lowest BCUT2D eigenvalue weighted by Crippen LogP contribution is -2.13. The van der Waals surface area contributed by atoms with E-state index in [4.69, 9.17) is 13.8 Å². The predicted octanol–water partition coefficient (Wildman–Crippen LogP) is 10.2. The van der Waals surface area contributed by atoms with Crippen molar-refractivity contribution in [3.05, 3.63) is 132 Å². The second kappa shape index (κ2) is 8.66. The van der Waals surface area contributed by atoms with E-state index in [-0.39, 0.29) is 5.56 Å². The summed E-state index contributed by atoms with van der Waals surface area (Å²) in [5.41, 5.74) is 9.03. The van der Waals surface area contributed by atoms with Crippen LogP contribution >= 0.6 is 11.3 Å². The second-order valence-electron chi connectivity index (χ2n) is 11.1. The first-order chi connectivity index (χ1) is 21.7. The molecule has 0 atom stereocenters. The van der Waals surface area contributed by atoms with Gasteiger partial charge >= 0.3 is 0 Å². The first kappa shape index (κ1) is 23.8. The number of nitrogens with zero attached hydrogens (tertiary/aromatic N) is 2. The average molecular weight is 585 g/mol. The second-order valence-corrected chi connectivity index (χ2v) is 12.1. The molecular formula is C38H20N2O3S. The molecule has 0 N–H and O–H groups in total. The quantitative estimate of drug-likeness (QED) is 0.203. The Kier molecular flexibility index (Phi) is 4.68. The van der Waals surface area contributed by atoms with Crippen molar-refractivity contribution in [1.82, 2.24) is 9.38 Å². The van der Waals surface area contributed by atoms with Gasteiger partial charge in [-0.1, -0.05) is 84.1 Å². The molecule has 4 aromatic heterocycles. The van der Waals surface area contributed by atoms with E-state index in [1.807, 2.05) is 84.9 Å². The topological polar surface area (TPSA) is 60.7 Å². The van der Waals surface area contributed by atoms with Crippen LogP contribution in [0.4, 0.5) is 0 Å². The van der Waals surface area contributed by atoms with Crippen LogP contribution < -0.4 is 5.56 Å². The van der Waals surface area contributed by atoms with Gasteiger partial charge in [0.2, 0.25) is 0 Å². The highest BCUT2D eigenvalue weighted by molar-refractivity contribution is 7.23. The number of fused-ring (bicyclic) bond motifs is 10. The van der Waals surface area contributed by atoms with Gasteiger partial charge in [0.1, 0.15) is 22.3 Å². The van der Waals surface area contributed by atoms with Crippen molar-refractivity contribution in [3.8, 4) is 22.3 Å². The maximum Gasteiger partial charge on any atom is 0.266 e. The van der Waals surface area contributed by atoms with Crippen LogP contribution in [0.2, 0.25) is 0 Å². The predicted molar refractivity (Wildman–Crippen MR) is 180 cm³/mol. The summed E-state index contributed by atoms with van der Waals surface area (Å²) in [6.45, 7) is 0. The normalized spacial score (nSPS) is 12.2. The highest BCUT2D eigenvalue weighted by atomic mass is 32.1. The number of rotatable bonds is 2. The fraction of sp³-hybridized carbons (Fsp3) is 0. The van der Waals surface area contributed by atoms with Gasteiger partial charge in [-0.2, -0.15) is 0 Å². The van der Waals surface area contributed by atoms with Crippen LogP contribution in [0, 0.1) is 0 Å². The lowest BCUT2D eigenvalue weighted by molar-refractivity contribution is 0.668. The number of thiazole rings is 1. The Bertz CT molecular complexity index is 2870. The van der Waals surface area contributed by atoms with E-state index in [1.165, 1.54) is 11.3 Å². The molecule has 6 aromatic carbocycles.